The van der Waals surface area contributed by atoms with E-state index in [0.29, 0.717) is 36.2 Å². The van der Waals surface area contributed by atoms with Crippen molar-refractivity contribution in [2.45, 2.75) is 30.1 Å². The highest BCUT2D eigenvalue weighted by Crippen LogP contribution is 2.27. The molecule has 1 fully saturated rings. The molecular formula is C12H18ClNO3S2. The first-order chi connectivity index (χ1) is 9.07. The number of morpholine rings is 1. The third-order valence-corrected chi connectivity index (χ3v) is 6.80. The maximum absolute atomic E-state index is 12.5. The maximum atomic E-state index is 12.5. The van der Waals surface area contributed by atoms with Crippen LogP contribution in [0.5, 0.6) is 0 Å². The largest absolute Gasteiger partial charge is 0.375 e. The van der Waals surface area contributed by atoms with Gasteiger partial charge >= 0.3 is 0 Å². The molecule has 1 aromatic rings. The Hall–Kier alpha value is -0.140. The molecule has 2 rings (SSSR count). The van der Waals surface area contributed by atoms with Crippen molar-refractivity contribution in [1.29, 1.82) is 0 Å². The van der Waals surface area contributed by atoms with E-state index < -0.39 is 10.0 Å². The van der Waals surface area contributed by atoms with E-state index in [2.05, 4.69) is 0 Å². The van der Waals surface area contributed by atoms with Crippen molar-refractivity contribution in [2.24, 2.45) is 0 Å². The summed E-state index contributed by atoms with van der Waals surface area (Å²) in [5.41, 5.74) is 0. The average Bonchev–Trinajstić information content (AvgIpc) is 2.88. The second-order valence-electron chi connectivity index (χ2n) is 4.42. The van der Waals surface area contributed by atoms with Crippen LogP contribution in [-0.4, -0.2) is 44.4 Å². The fourth-order valence-electron chi connectivity index (χ4n) is 2.01. The molecule has 0 saturated carbocycles. The van der Waals surface area contributed by atoms with Gasteiger partial charge in [0, 0.05) is 23.8 Å². The molecule has 1 unspecified atom stereocenters. The summed E-state index contributed by atoms with van der Waals surface area (Å²) < 4.78 is 32.5. The Morgan fingerprint density at radius 3 is 3.00 bits per heavy atom. The second kappa shape index (κ2) is 6.54. The molecule has 2 heterocycles. The summed E-state index contributed by atoms with van der Waals surface area (Å²) in [6.45, 7) is 3.35. The van der Waals surface area contributed by atoms with Crippen LogP contribution in [0, 0.1) is 0 Å². The molecule has 108 valence electrons. The first kappa shape index (κ1) is 15.3. The monoisotopic (exact) mass is 323 g/mol. The van der Waals surface area contributed by atoms with Crippen LogP contribution in [0.4, 0.5) is 0 Å². The molecular weight excluding hydrogens is 306 g/mol. The molecule has 1 aromatic heterocycles. The zero-order chi connectivity index (χ0) is 13.9. The Labute approximate surface area is 123 Å². The number of aryl methyl sites for hydroxylation is 1. The Morgan fingerprint density at radius 1 is 1.53 bits per heavy atom. The summed E-state index contributed by atoms with van der Waals surface area (Å²) in [4.78, 5) is 1.01. The summed E-state index contributed by atoms with van der Waals surface area (Å²) in [7, 11) is -3.37. The summed E-state index contributed by atoms with van der Waals surface area (Å²) in [6, 6.07) is 3.52. The summed E-state index contributed by atoms with van der Waals surface area (Å²) in [5.74, 6) is 0.509. The minimum atomic E-state index is -3.37. The van der Waals surface area contributed by atoms with E-state index in [1.165, 1.54) is 15.6 Å². The van der Waals surface area contributed by atoms with Crippen molar-refractivity contribution in [2.75, 3.05) is 25.6 Å². The Balaban J connectivity index is 2.16. The smallest absolute Gasteiger partial charge is 0.252 e. The average molecular weight is 324 g/mol. The van der Waals surface area contributed by atoms with Gasteiger partial charge in [-0.15, -0.1) is 22.9 Å². The highest BCUT2D eigenvalue weighted by atomic mass is 35.5. The molecule has 0 radical (unpaired) electrons. The molecule has 19 heavy (non-hydrogen) atoms. The van der Waals surface area contributed by atoms with Crippen molar-refractivity contribution in [3.05, 3.63) is 17.0 Å². The third kappa shape index (κ3) is 3.49. The lowest BCUT2D eigenvalue weighted by molar-refractivity contribution is -0.00272. The van der Waals surface area contributed by atoms with Crippen LogP contribution >= 0.6 is 22.9 Å². The molecule has 4 nitrogen and oxygen atoms in total. The van der Waals surface area contributed by atoms with Crippen molar-refractivity contribution in [3.8, 4) is 0 Å². The van der Waals surface area contributed by atoms with Crippen LogP contribution in [0.3, 0.4) is 0 Å². The number of hydrogen-bond donors (Lipinski definition) is 0. The van der Waals surface area contributed by atoms with E-state index in [1.54, 1.807) is 6.07 Å². The fraction of sp³-hybridized carbons (Fsp3) is 0.667. The van der Waals surface area contributed by atoms with Crippen molar-refractivity contribution in [1.82, 2.24) is 4.31 Å². The molecule has 0 aliphatic carbocycles. The van der Waals surface area contributed by atoms with Gasteiger partial charge in [-0.3, -0.25) is 0 Å². The zero-order valence-corrected chi connectivity index (χ0v) is 13.2. The molecule has 7 heteroatoms. The normalized spacial score (nSPS) is 21.7. The minimum Gasteiger partial charge on any atom is -0.375 e. The number of hydrogen-bond acceptors (Lipinski definition) is 4. The summed E-state index contributed by atoms with van der Waals surface area (Å²) in [6.07, 6.45) is 1.54. The van der Waals surface area contributed by atoms with Gasteiger partial charge in [0.1, 0.15) is 4.21 Å². The van der Waals surface area contributed by atoms with Crippen LogP contribution < -0.4 is 0 Å². The van der Waals surface area contributed by atoms with E-state index in [4.69, 9.17) is 16.3 Å². The van der Waals surface area contributed by atoms with E-state index in [9.17, 15) is 8.42 Å². The van der Waals surface area contributed by atoms with Gasteiger partial charge in [0.05, 0.1) is 12.7 Å². The van der Waals surface area contributed by atoms with E-state index >= 15 is 0 Å². The lowest BCUT2D eigenvalue weighted by atomic mass is 10.2. The molecule has 1 saturated heterocycles. The Kier molecular flexibility index (Phi) is 5.25. The molecule has 1 atom stereocenters. The highest BCUT2D eigenvalue weighted by Gasteiger charge is 2.31. The summed E-state index contributed by atoms with van der Waals surface area (Å²) >= 11 is 6.99. The topological polar surface area (TPSA) is 46.6 Å². The lowest BCUT2D eigenvalue weighted by Gasteiger charge is -2.31. The second-order valence-corrected chi connectivity index (χ2v) is 8.13. The number of sulfonamides is 1. The molecule has 0 N–H and O–H groups in total. The Morgan fingerprint density at radius 2 is 2.32 bits per heavy atom. The SMILES string of the molecule is CCC1CN(S(=O)(=O)c2ccc(CCCl)s2)CCO1. The van der Waals surface area contributed by atoms with Crippen LogP contribution in [-0.2, 0) is 21.2 Å². The van der Waals surface area contributed by atoms with Gasteiger partial charge in [-0.1, -0.05) is 6.92 Å². The van der Waals surface area contributed by atoms with Crippen LogP contribution in [0.15, 0.2) is 16.3 Å². The predicted molar refractivity (Wildman–Crippen MR) is 77.5 cm³/mol. The van der Waals surface area contributed by atoms with Gasteiger partial charge in [0.15, 0.2) is 0 Å². The fourth-order valence-corrected chi connectivity index (χ4v) is 5.29. The van der Waals surface area contributed by atoms with Gasteiger partial charge in [-0.05, 0) is 25.0 Å². The maximum Gasteiger partial charge on any atom is 0.252 e. The van der Waals surface area contributed by atoms with Crippen molar-refractivity contribution >= 4 is 33.0 Å². The van der Waals surface area contributed by atoms with Gasteiger partial charge in [0.2, 0.25) is 0 Å². The minimum absolute atomic E-state index is 0.00537. The predicted octanol–water partition coefficient (Wildman–Crippen LogP) is 2.33. The number of ether oxygens (including phenoxy) is 1. The molecule has 1 aliphatic heterocycles. The van der Waals surface area contributed by atoms with Crippen LogP contribution in [0.2, 0.25) is 0 Å². The van der Waals surface area contributed by atoms with Crippen molar-refractivity contribution < 1.29 is 13.2 Å². The quantitative estimate of drug-likeness (QED) is 0.781. The Bertz CT molecular complexity index is 515. The molecule has 0 bridgehead atoms. The van der Waals surface area contributed by atoms with E-state index in [0.717, 1.165) is 11.3 Å². The lowest BCUT2D eigenvalue weighted by Crippen LogP contribution is -2.45. The zero-order valence-electron chi connectivity index (χ0n) is 10.8. The van der Waals surface area contributed by atoms with E-state index in [1.807, 2.05) is 13.0 Å². The van der Waals surface area contributed by atoms with Gasteiger partial charge in [0.25, 0.3) is 10.0 Å². The van der Waals surface area contributed by atoms with Crippen LogP contribution in [0.25, 0.3) is 0 Å². The molecule has 0 aromatic carbocycles. The number of alkyl halides is 1. The van der Waals surface area contributed by atoms with Gasteiger partial charge in [-0.25, -0.2) is 8.42 Å². The molecule has 0 amide bonds. The number of rotatable bonds is 5. The number of halogens is 1. The first-order valence-corrected chi connectivity index (χ1v) is 9.13. The van der Waals surface area contributed by atoms with Gasteiger partial charge in [-0.2, -0.15) is 4.31 Å². The number of thiophene rings is 1. The molecule has 0 spiro atoms. The highest BCUT2D eigenvalue weighted by molar-refractivity contribution is 7.91. The first-order valence-electron chi connectivity index (χ1n) is 6.34. The van der Waals surface area contributed by atoms with Crippen LogP contribution in [0.1, 0.15) is 18.2 Å². The van der Waals surface area contributed by atoms with Gasteiger partial charge < -0.3 is 4.74 Å². The standard InChI is InChI=1S/C12H18ClNO3S2/c1-2-10-9-14(7-8-17-10)19(15,16)12-4-3-11(18-12)5-6-13/h3-4,10H,2,5-9H2,1H3. The van der Waals surface area contributed by atoms with Crippen molar-refractivity contribution in [3.63, 3.8) is 0 Å². The van der Waals surface area contributed by atoms with E-state index in [-0.39, 0.29) is 6.10 Å². The molecule has 1 aliphatic rings. The summed E-state index contributed by atoms with van der Waals surface area (Å²) in [5, 5.41) is 0. The third-order valence-electron chi connectivity index (χ3n) is 3.13. The number of nitrogens with zero attached hydrogens (tertiary/aromatic N) is 1.